The van der Waals surface area contributed by atoms with Crippen LogP contribution in [-0.2, 0) is 11.3 Å². The summed E-state index contributed by atoms with van der Waals surface area (Å²) in [5.41, 5.74) is 0.597. The molecule has 1 aliphatic carbocycles. The minimum Gasteiger partial charge on any atom is -0.336 e. The van der Waals surface area contributed by atoms with Gasteiger partial charge in [-0.3, -0.25) is 4.79 Å². The van der Waals surface area contributed by atoms with Crippen LogP contribution in [0.15, 0.2) is 24.3 Å². The zero-order valence-electron chi connectivity index (χ0n) is 8.74. The second kappa shape index (κ2) is 4.01. The van der Waals surface area contributed by atoms with Crippen LogP contribution < -0.4 is 0 Å². The van der Waals surface area contributed by atoms with Gasteiger partial charge in [0, 0.05) is 25.1 Å². The predicted molar refractivity (Wildman–Crippen MR) is 55.6 cm³/mol. The van der Waals surface area contributed by atoms with Crippen LogP contribution in [0.3, 0.4) is 0 Å². The molecule has 1 amide bonds. The number of carbonyl (C=O) groups is 1. The van der Waals surface area contributed by atoms with Crippen molar-refractivity contribution in [1.82, 2.24) is 4.90 Å². The lowest BCUT2D eigenvalue weighted by atomic mass is 10.2. The normalized spacial score (nSPS) is 15.1. The Bertz CT molecular complexity index is 374. The van der Waals surface area contributed by atoms with E-state index in [2.05, 4.69) is 0 Å². The number of hydrogen-bond donors (Lipinski definition) is 0. The molecular formula is C12H14FNO. The third-order valence-corrected chi connectivity index (χ3v) is 2.69. The molecule has 0 N–H and O–H groups in total. The number of carbonyl (C=O) groups excluding carboxylic acids is 1. The quantitative estimate of drug-likeness (QED) is 0.745. The molecule has 1 fully saturated rings. The Morgan fingerprint density at radius 3 is 2.67 bits per heavy atom. The standard InChI is InChI=1S/C12H14FNO/c1-9(15)14(11-6-7-11)8-10-4-2-3-5-12(10)13/h2-5,11H,6-8H2,1H3. The fourth-order valence-corrected chi connectivity index (χ4v) is 1.69. The first-order chi connectivity index (χ1) is 7.18. The average Bonchev–Trinajstić information content (AvgIpc) is 2.99. The Labute approximate surface area is 88.7 Å². The molecule has 3 heteroatoms. The highest BCUT2D eigenvalue weighted by molar-refractivity contribution is 5.74. The summed E-state index contributed by atoms with van der Waals surface area (Å²) in [6, 6.07) is 6.95. The molecule has 1 aromatic rings. The maximum atomic E-state index is 13.4. The van der Waals surface area contributed by atoms with Gasteiger partial charge in [0.25, 0.3) is 0 Å². The molecule has 0 atom stereocenters. The van der Waals surface area contributed by atoms with E-state index < -0.39 is 0 Å². The summed E-state index contributed by atoms with van der Waals surface area (Å²) in [7, 11) is 0. The molecule has 0 radical (unpaired) electrons. The topological polar surface area (TPSA) is 20.3 Å². The highest BCUT2D eigenvalue weighted by atomic mass is 19.1. The first-order valence-corrected chi connectivity index (χ1v) is 5.19. The van der Waals surface area contributed by atoms with Gasteiger partial charge in [0.15, 0.2) is 0 Å². The Hall–Kier alpha value is -1.38. The summed E-state index contributed by atoms with van der Waals surface area (Å²) >= 11 is 0. The Balaban J connectivity index is 2.12. The van der Waals surface area contributed by atoms with E-state index in [0.29, 0.717) is 18.2 Å². The molecule has 1 saturated carbocycles. The summed E-state index contributed by atoms with van der Waals surface area (Å²) in [4.78, 5) is 13.1. The summed E-state index contributed by atoms with van der Waals surface area (Å²) in [5, 5.41) is 0. The number of benzene rings is 1. The second-order valence-electron chi connectivity index (χ2n) is 3.97. The third-order valence-electron chi connectivity index (χ3n) is 2.69. The molecule has 0 spiro atoms. The Morgan fingerprint density at radius 1 is 1.47 bits per heavy atom. The van der Waals surface area contributed by atoms with Gasteiger partial charge >= 0.3 is 0 Å². The highest BCUT2D eigenvalue weighted by Gasteiger charge is 2.31. The van der Waals surface area contributed by atoms with E-state index in [0.717, 1.165) is 12.8 Å². The third kappa shape index (κ3) is 2.35. The van der Waals surface area contributed by atoms with E-state index in [9.17, 15) is 9.18 Å². The fourth-order valence-electron chi connectivity index (χ4n) is 1.69. The van der Waals surface area contributed by atoms with Gasteiger partial charge in [-0.05, 0) is 18.9 Å². The minimum absolute atomic E-state index is 0.0285. The van der Waals surface area contributed by atoms with Crippen molar-refractivity contribution in [1.29, 1.82) is 0 Å². The van der Waals surface area contributed by atoms with Crippen LogP contribution in [0.2, 0.25) is 0 Å². The molecule has 0 unspecified atom stereocenters. The summed E-state index contributed by atoms with van der Waals surface area (Å²) < 4.78 is 13.4. The average molecular weight is 207 g/mol. The molecule has 0 aliphatic heterocycles. The van der Waals surface area contributed by atoms with Gasteiger partial charge in [0.05, 0.1) is 0 Å². The molecule has 1 aromatic carbocycles. The number of rotatable bonds is 3. The molecule has 2 rings (SSSR count). The van der Waals surface area contributed by atoms with Crippen LogP contribution in [0.1, 0.15) is 25.3 Å². The van der Waals surface area contributed by atoms with Gasteiger partial charge in [-0.2, -0.15) is 0 Å². The number of halogens is 1. The molecule has 0 bridgehead atoms. The van der Waals surface area contributed by atoms with Gasteiger partial charge in [0.1, 0.15) is 5.82 Å². The highest BCUT2D eigenvalue weighted by Crippen LogP contribution is 2.28. The van der Waals surface area contributed by atoms with Crippen LogP contribution in [0.5, 0.6) is 0 Å². The van der Waals surface area contributed by atoms with Gasteiger partial charge in [-0.1, -0.05) is 18.2 Å². The van der Waals surface area contributed by atoms with Crippen molar-refractivity contribution in [3.63, 3.8) is 0 Å². The minimum atomic E-state index is -0.232. The predicted octanol–water partition coefficient (Wildman–Crippen LogP) is 2.34. The maximum absolute atomic E-state index is 13.4. The van der Waals surface area contributed by atoms with Crippen molar-refractivity contribution in [3.8, 4) is 0 Å². The maximum Gasteiger partial charge on any atom is 0.219 e. The van der Waals surface area contributed by atoms with E-state index in [1.54, 1.807) is 30.0 Å². The number of nitrogens with zero attached hydrogens (tertiary/aromatic N) is 1. The number of hydrogen-bond acceptors (Lipinski definition) is 1. The van der Waals surface area contributed by atoms with Crippen LogP contribution in [0.4, 0.5) is 4.39 Å². The zero-order chi connectivity index (χ0) is 10.8. The molecule has 2 nitrogen and oxygen atoms in total. The molecular weight excluding hydrogens is 193 g/mol. The molecule has 0 aromatic heterocycles. The van der Waals surface area contributed by atoms with Gasteiger partial charge in [-0.15, -0.1) is 0 Å². The summed E-state index contributed by atoms with van der Waals surface area (Å²) in [6.07, 6.45) is 2.10. The van der Waals surface area contributed by atoms with Crippen molar-refractivity contribution in [3.05, 3.63) is 35.6 Å². The van der Waals surface area contributed by atoms with Crippen molar-refractivity contribution in [2.45, 2.75) is 32.4 Å². The van der Waals surface area contributed by atoms with Gasteiger partial charge in [0.2, 0.25) is 5.91 Å². The van der Waals surface area contributed by atoms with E-state index in [1.165, 1.54) is 6.07 Å². The molecule has 0 heterocycles. The van der Waals surface area contributed by atoms with E-state index in [4.69, 9.17) is 0 Å². The monoisotopic (exact) mass is 207 g/mol. The van der Waals surface area contributed by atoms with Crippen LogP contribution >= 0.6 is 0 Å². The SMILES string of the molecule is CC(=O)N(Cc1ccccc1F)C1CC1. The largest absolute Gasteiger partial charge is 0.336 e. The lowest BCUT2D eigenvalue weighted by molar-refractivity contribution is -0.130. The lowest BCUT2D eigenvalue weighted by Gasteiger charge is -2.20. The van der Waals surface area contributed by atoms with E-state index in [1.807, 2.05) is 0 Å². The van der Waals surface area contributed by atoms with E-state index in [-0.39, 0.29) is 11.7 Å². The van der Waals surface area contributed by atoms with Crippen LogP contribution in [0, 0.1) is 5.82 Å². The Morgan fingerprint density at radius 2 is 2.13 bits per heavy atom. The first-order valence-electron chi connectivity index (χ1n) is 5.19. The first kappa shape index (κ1) is 10.1. The molecule has 1 aliphatic rings. The van der Waals surface area contributed by atoms with Gasteiger partial charge in [-0.25, -0.2) is 4.39 Å². The van der Waals surface area contributed by atoms with Crippen LogP contribution in [-0.4, -0.2) is 16.8 Å². The smallest absolute Gasteiger partial charge is 0.219 e. The van der Waals surface area contributed by atoms with Crippen molar-refractivity contribution in [2.75, 3.05) is 0 Å². The summed E-state index contributed by atoms with van der Waals surface area (Å²) in [5.74, 6) is -0.204. The molecule has 80 valence electrons. The zero-order valence-corrected chi connectivity index (χ0v) is 8.74. The van der Waals surface area contributed by atoms with Crippen molar-refractivity contribution >= 4 is 5.91 Å². The second-order valence-corrected chi connectivity index (χ2v) is 3.97. The van der Waals surface area contributed by atoms with Crippen molar-refractivity contribution < 1.29 is 9.18 Å². The number of amides is 1. The van der Waals surface area contributed by atoms with Crippen molar-refractivity contribution in [2.24, 2.45) is 0 Å². The molecule has 15 heavy (non-hydrogen) atoms. The van der Waals surface area contributed by atoms with Gasteiger partial charge < -0.3 is 4.90 Å². The van der Waals surface area contributed by atoms with Crippen LogP contribution in [0.25, 0.3) is 0 Å². The van der Waals surface area contributed by atoms with E-state index >= 15 is 0 Å². The lowest BCUT2D eigenvalue weighted by Crippen LogP contribution is -2.30. The molecule has 0 saturated heterocycles. The summed E-state index contributed by atoms with van der Waals surface area (Å²) in [6.45, 7) is 1.94. The Kier molecular flexibility index (Phi) is 2.71. The fraction of sp³-hybridized carbons (Fsp3) is 0.417.